The van der Waals surface area contributed by atoms with Gasteiger partial charge in [0.05, 0.1) is 0 Å². The Morgan fingerprint density at radius 3 is 2.88 bits per heavy atom. The molecule has 0 bridgehead atoms. The molecule has 0 radical (unpaired) electrons. The molecular formula is C13H13BrO3. The van der Waals surface area contributed by atoms with Gasteiger partial charge in [-0.25, -0.2) is 4.79 Å². The van der Waals surface area contributed by atoms with E-state index in [1.807, 2.05) is 19.1 Å². The highest BCUT2D eigenvalue weighted by Gasteiger charge is 2.03. The largest absolute Gasteiger partial charge is 0.487 e. The summed E-state index contributed by atoms with van der Waals surface area (Å²) < 4.78 is 6.36. The molecule has 0 aliphatic rings. The lowest BCUT2D eigenvalue weighted by Crippen LogP contribution is -2.07. The van der Waals surface area contributed by atoms with Crippen LogP contribution in [0.25, 0.3) is 6.08 Å². The molecule has 1 aromatic rings. The predicted molar refractivity (Wildman–Crippen MR) is 71.1 cm³/mol. The van der Waals surface area contributed by atoms with Crippen LogP contribution in [0.3, 0.4) is 0 Å². The fourth-order valence-electron chi connectivity index (χ4n) is 1.15. The molecule has 1 atom stereocenters. The molecule has 1 rings (SSSR count). The van der Waals surface area contributed by atoms with Crippen LogP contribution in [-0.2, 0) is 4.79 Å². The molecular weight excluding hydrogens is 284 g/mol. The summed E-state index contributed by atoms with van der Waals surface area (Å²) in [7, 11) is 0. The Morgan fingerprint density at radius 1 is 1.59 bits per heavy atom. The fourth-order valence-corrected chi connectivity index (χ4v) is 1.53. The van der Waals surface area contributed by atoms with E-state index in [1.54, 1.807) is 12.1 Å². The third kappa shape index (κ3) is 4.44. The van der Waals surface area contributed by atoms with E-state index in [9.17, 15) is 4.79 Å². The zero-order valence-corrected chi connectivity index (χ0v) is 11.0. The summed E-state index contributed by atoms with van der Waals surface area (Å²) in [5.41, 5.74) is 0.751. The number of hydrogen-bond donors (Lipinski definition) is 1. The SMILES string of the molecule is C=CC(C)Oc1ccc(Br)c(/C=C/C(=O)O)c1. The molecule has 0 spiro atoms. The van der Waals surface area contributed by atoms with E-state index in [1.165, 1.54) is 6.08 Å². The summed E-state index contributed by atoms with van der Waals surface area (Å²) in [5.74, 6) is -0.312. The van der Waals surface area contributed by atoms with Crippen molar-refractivity contribution in [1.82, 2.24) is 0 Å². The van der Waals surface area contributed by atoms with E-state index in [4.69, 9.17) is 9.84 Å². The highest BCUT2D eigenvalue weighted by atomic mass is 79.9. The first kappa shape index (κ1) is 13.5. The van der Waals surface area contributed by atoms with Gasteiger partial charge in [0.25, 0.3) is 0 Å². The van der Waals surface area contributed by atoms with E-state index in [0.29, 0.717) is 5.75 Å². The first-order valence-electron chi connectivity index (χ1n) is 5.02. The number of halogens is 1. The Morgan fingerprint density at radius 2 is 2.29 bits per heavy atom. The maximum absolute atomic E-state index is 10.4. The lowest BCUT2D eigenvalue weighted by Gasteiger charge is -2.11. The van der Waals surface area contributed by atoms with Crippen molar-refractivity contribution in [1.29, 1.82) is 0 Å². The molecule has 0 heterocycles. The number of carbonyl (C=O) groups is 1. The lowest BCUT2D eigenvalue weighted by atomic mass is 10.2. The Balaban J connectivity index is 2.93. The van der Waals surface area contributed by atoms with Gasteiger partial charge in [-0.05, 0) is 36.8 Å². The molecule has 3 nitrogen and oxygen atoms in total. The molecule has 4 heteroatoms. The van der Waals surface area contributed by atoms with Crippen molar-refractivity contribution in [2.24, 2.45) is 0 Å². The van der Waals surface area contributed by atoms with Crippen LogP contribution < -0.4 is 4.74 Å². The predicted octanol–water partition coefficient (Wildman–Crippen LogP) is 3.50. The van der Waals surface area contributed by atoms with Crippen LogP contribution in [0, 0.1) is 0 Å². The van der Waals surface area contributed by atoms with Gasteiger partial charge in [-0.15, -0.1) is 0 Å². The number of benzene rings is 1. The Labute approximate surface area is 109 Å². The Bertz CT molecular complexity index is 452. The van der Waals surface area contributed by atoms with Crippen molar-refractivity contribution >= 4 is 28.0 Å². The molecule has 0 saturated carbocycles. The number of rotatable bonds is 5. The van der Waals surface area contributed by atoms with Gasteiger partial charge in [0, 0.05) is 10.5 Å². The number of aliphatic carboxylic acids is 1. The summed E-state index contributed by atoms with van der Waals surface area (Å²) in [6.45, 7) is 5.51. The zero-order valence-electron chi connectivity index (χ0n) is 9.39. The minimum absolute atomic E-state index is 0.0903. The molecule has 17 heavy (non-hydrogen) atoms. The van der Waals surface area contributed by atoms with E-state index in [2.05, 4.69) is 22.5 Å². The van der Waals surface area contributed by atoms with Crippen molar-refractivity contribution in [3.63, 3.8) is 0 Å². The second kappa shape index (κ2) is 6.25. The van der Waals surface area contributed by atoms with Crippen LogP contribution in [0.5, 0.6) is 5.75 Å². The molecule has 1 aromatic carbocycles. The van der Waals surface area contributed by atoms with Crippen molar-refractivity contribution in [2.75, 3.05) is 0 Å². The molecule has 0 amide bonds. The van der Waals surface area contributed by atoms with Crippen molar-refractivity contribution in [2.45, 2.75) is 13.0 Å². The maximum Gasteiger partial charge on any atom is 0.328 e. The molecule has 0 aromatic heterocycles. The van der Waals surface area contributed by atoms with Gasteiger partial charge in [0.2, 0.25) is 0 Å². The maximum atomic E-state index is 10.4. The molecule has 0 aliphatic carbocycles. The summed E-state index contributed by atoms with van der Waals surface area (Å²) in [4.78, 5) is 10.4. The first-order chi connectivity index (χ1) is 8.02. The van der Waals surface area contributed by atoms with Crippen molar-refractivity contribution < 1.29 is 14.6 Å². The number of ether oxygens (including phenoxy) is 1. The molecule has 90 valence electrons. The Kier molecular flexibility index (Phi) is 4.97. The standard InChI is InChI=1S/C13H13BrO3/c1-3-9(2)17-11-5-6-12(14)10(8-11)4-7-13(15)16/h3-9H,1H2,2H3,(H,15,16)/b7-4+. The van der Waals surface area contributed by atoms with E-state index >= 15 is 0 Å². The number of carboxylic acid groups (broad SMARTS) is 1. The Hall–Kier alpha value is -1.55. The fraction of sp³-hybridized carbons (Fsp3) is 0.154. The molecule has 1 unspecified atom stereocenters. The van der Waals surface area contributed by atoms with Crippen molar-refractivity contribution in [3.05, 3.63) is 47.0 Å². The average Bonchev–Trinajstić information content (AvgIpc) is 2.29. The molecule has 0 fully saturated rings. The van der Waals surface area contributed by atoms with Gasteiger partial charge in [0.1, 0.15) is 11.9 Å². The minimum atomic E-state index is -0.984. The second-order valence-corrected chi connectivity index (χ2v) is 4.27. The average molecular weight is 297 g/mol. The molecule has 0 saturated heterocycles. The minimum Gasteiger partial charge on any atom is -0.487 e. The van der Waals surface area contributed by atoms with Gasteiger partial charge < -0.3 is 9.84 Å². The van der Waals surface area contributed by atoms with Crippen molar-refractivity contribution in [3.8, 4) is 5.75 Å². The smallest absolute Gasteiger partial charge is 0.328 e. The number of carboxylic acids is 1. The van der Waals surface area contributed by atoms with Gasteiger partial charge in [0.15, 0.2) is 0 Å². The van der Waals surface area contributed by atoms with E-state index < -0.39 is 5.97 Å². The molecule has 0 aliphatic heterocycles. The van der Waals surface area contributed by atoms with Gasteiger partial charge in [-0.3, -0.25) is 0 Å². The van der Waals surface area contributed by atoms with Crippen LogP contribution in [-0.4, -0.2) is 17.2 Å². The third-order valence-electron chi connectivity index (χ3n) is 2.03. The lowest BCUT2D eigenvalue weighted by molar-refractivity contribution is -0.131. The van der Waals surface area contributed by atoms with E-state index in [0.717, 1.165) is 16.1 Å². The van der Waals surface area contributed by atoms with Crippen LogP contribution in [0.1, 0.15) is 12.5 Å². The summed E-state index contributed by atoms with van der Waals surface area (Å²) in [6, 6.07) is 5.39. The monoisotopic (exact) mass is 296 g/mol. The first-order valence-corrected chi connectivity index (χ1v) is 5.82. The summed E-state index contributed by atoms with van der Waals surface area (Å²) >= 11 is 3.34. The highest BCUT2D eigenvalue weighted by Crippen LogP contribution is 2.24. The molecule has 1 N–H and O–H groups in total. The van der Waals surface area contributed by atoms with Gasteiger partial charge in [-0.1, -0.05) is 28.6 Å². The van der Waals surface area contributed by atoms with Crippen LogP contribution in [0.2, 0.25) is 0 Å². The zero-order chi connectivity index (χ0) is 12.8. The topological polar surface area (TPSA) is 46.5 Å². The van der Waals surface area contributed by atoms with Crippen LogP contribution >= 0.6 is 15.9 Å². The normalized spacial score (nSPS) is 12.4. The quantitative estimate of drug-likeness (QED) is 0.668. The summed E-state index contributed by atoms with van der Waals surface area (Å²) in [6.07, 6.45) is 4.19. The van der Waals surface area contributed by atoms with E-state index in [-0.39, 0.29) is 6.10 Å². The van der Waals surface area contributed by atoms with Crippen LogP contribution in [0.4, 0.5) is 0 Å². The highest BCUT2D eigenvalue weighted by molar-refractivity contribution is 9.10. The number of hydrogen-bond acceptors (Lipinski definition) is 2. The van der Waals surface area contributed by atoms with Crippen LogP contribution in [0.15, 0.2) is 41.4 Å². The summed E-state index contributed by atoms with van der Waals surface area (Å²) in [5, 5.41) is 8.57. The third-order valence-corrected chi connectivity index (χ3v) is 2.75. The van der Waals surface area contributed by atoms with Gasteiger partial charge in [-0.2, -0.15) is 0 Å². The van der Waals surface area contributed by atoms with Gasteiger partial charge >= 0.3 is 5.97 Å². The second-order valence-electron chi connectivity index (χ2n) is 3.41.